The maximum Gasteiger partial charge on any atom is 0.160 e. The quantitative estimate of drug-likeness (QED) is 0.179. The summed E-state index contributed by atoms with van der Waals surface area (Å²) >= 11 is 0. The first-order valence-electron chi connectivity index (χ1n) is 20.3. The second kappa shape index (κ2) is 13.2. The van der Waals surface area contributed by atoms with Crippen LogP contribution in [0.15, 0.2) is 218 Å². The van der Waals surface area contributed by atoms with Crippen LogP contribution in [0.1, 0.15) is 22.3 Å². The van der Waals surface area contributed by atoms with E-state index in [0.29, 0.717) is 5.82 Å². The first kappa shape index (κ1) is 33.5. The van der Waals surface area contributed by atoms with Gasteiger partial charge in [-0.2, -0.15) is 0 Å². The van der Waals surface area contributed by atoms with Crippen LogP contribution >= 0.6 is 0 Å². The first-order chi connectivity index (χ1) is 29.3. The fraction of sp³-hybridized carbons (Fsp3) is 0.0175. The minimum Gasteiger partial charge on any atom is -0.228 e. The summed E-state index contributed by atoms with van der Waals surface area (Å²) in [5.41, 5.74) is 19.4. The Kier molecular flexibility index (Phi) is 7.48. The Morgan fingerprint density at radius 2 is 0.729 bits per heavy atom. The smallest absolute Gasteiger partial charge is 0.160 e. The number of fused-ring (bicyclic) bond motifs is 13. The highest BCUT2D eigenvalue weighted by Crippen LogP contribution is 2.61. The van der Waals surface area contributed by atoms with Gasteiger partial charge < -0.3 is 0 Å². The van der Waals surface area contributed by atoms with E-state index in [1.54, 1.807) is 0 Å². The van der Waals surface area contributed by atoms with Crippen molar-refractivity contribution in [2.75, 3.05) is 0 Å². The molecular weight excluding hydrogens is 713 g/mol. The molecule has 0 bridgehead atoms. The fourth-order valence-corrected chi connectivity index (χ4v) is 9.97. The predicted octanol–water partition coefficient (Wildman–Crippen LogP) is 14.3. The lowest BCUT2D eigenvalue weighted by Gasteiger charge is -2.35. The second-order valence-corrected chi connectivity index (χ2v) is 15.6. The molecule has 0 atom stereocenters. The highest BCUT2D eigenvalue weighted by atomic mass is 14.9. The average molecular weight is 749 g/mol. The third kappa shape index (κ3) is 5.06. The molecule has 0 saturated carbocycles. The molecular formula is C57H36N2. The molecule has 0 aliphatic heterocycles. The van der Waals surface area contributed by atoms with E-state index in [1.165, 1.54) is 77.5 Å². The molecule has 2 nitrogen and oxygen atoms in total. The molecule has 59 heavy (non-hydrogen) atoms. The SMILES string of the molecule is c1ccc(-c2cc(-c3ccc4c(c3)-c3ccccc3-c3ccccc3C43c4ccccc4-c4ccccc43)nc(-c3ccc(-c4cccc5ccccc45)cc3)n2)cc1. The number of rotatable bonds is 4. The van der Waals surface area contributed by atoms with Gasteiger partial charge in [0.05, 0.1) is 16.8 Å². The molecule has 0 saturated heterocycles. The summed E-state index contributed by atoms with van der Waals surface area (Å²) in [5.74, 6) is 0.698. The van der Waals surface area contributed by atoms with Gasteiger partial charge in [0.25, 0.3) is 0 Å². The van der Waals surface area contributed by atoms with Gasteiger partial charge in [0.1, 0.15) is 0 Å². The topological polar surface area (TPSA) is 25.8 Å². The van der Waals surface area contributed by atoms with Crippen LogP contribution < -0.4 is 0 Å². The van der Waals surface area contributed by atoms with E-state index >= 15 is 0 Å². The van der Waals surface area contributed by atoms with Gasteiger partial charge in [-0.1, -0.05) is 206 Å². The minimum atomic E-state index is -0.519. The molecule has 1 spiro atoms. The molecule has 12 rings (SSSR count). The van der Waals surface area contributed by atoms with E-state index in [4.69, 9.17) is 9.97 Å². The van der Waals surface area contributed by atoms with Crippen LogP contribution in [0.3, 0.4) is 0 Å². The summed E-state index contributed by atoms with van der Waals surface area (Å²) in [6, 6.07) is 79.4. The summed E-state index contributed by atoms with van der Waals surface area (Å²) < 4.78 is 0. The average Bonchev–Trinajstić information content (AvgIpc) is 3.56. The van der Waals surface area contributed by atoms with Crippen molar-refractivity contribution in [1.82, 2.24) is 9.97 Å². The van der Waals surface area contributed by atoms with Gasteiger partial charge in [-0.3, -0.25) is 0 Å². The molecule has 2 aliphatic carbocycles. The van der Waals surface area contributed by atoms with Gasteiger partial charge in [-0.15, -0.1) is 0 Å². The Hall–Kier alpha value is -7.68. The fourth-order valence-electron chi connectivity index (χ4n) is 9.97. The van der Waals surface area contributed by atoms with Gasteiger partial charge in [-0.05, 0) is 89.7 Å². The molecule has 2 heteroatoms. The molecule has 0 radical (unpaired) electrons. The van der Waals surface area contributed by atoms with Gasteiger partial charge in [0.15, 0.2) is 5.82 Å². The lowest BCUT2D eigenvalue weighted by molar-refractivity contribution is 0.775. The molecule has 0 amide bonds. The number of hydrogen-bond donors (Lipinski definition) is 0. The van der Waals surface area contributed by atoms with Crippen molar-refractivity contribution in [2.24, 2.45) is 0 Å². The maximum atomic E-state index is 5.37. The molecule has 0 fully saturated rings. The zero-order valence-corrected chi connectivity index (χ0v) is 32.2. The largest absolute Gasteiger partial charge is 0.228 e. The maximum absolute atomic E-state index is 5.37. The van der Waals surface area contributed by atoms with Crippen LogP contribution in [0.2, 0.25) is 0 Å². The minimum absolute atomic E-state index is 0.519. The predicted molar refractivity (Wildman–Crippen MR) is 243 cm³/mol. The molecule has 2 aliphatic rings. The van der Waals surface area contributed by atoms with E-state index < -0.39 is 5.41 Å². The number of nitrogens with zero attached hydrogens (tertiary/aromatic N) is 2. The summed E-state index contributed by atoms with van der Waals surface area (Å²) in [6.45, 7) is 0. The van der Waals surface area contributed by atoms with Crippen molar-refractivity contribution in [3.05, 3.63) is 241 Å². The number of hydrogen-bond acceptors (Lipinski definition) is 2. The zero-order chi connectivity index (χ0) is 38.9. The van der Waals surface area contributed by atoms with E-state index in [2.05, 4.69) is 218 Å². The first-order valence-corrected chi connectivity index (χ1v) is 20.3. The Morgan fingerprint density at radius 1 is 0.271 bits per heavy atom. The molecule has 1 heterocycles. The molecule has 0 unspecified atom stereocenters. The van der Waals surface area contributed by atoms with Crippen molar-refractivity contribution in [1.29, 1.82) is 0 Å². The molecule has 1 aromatic heterocycles. The van der Waals surface area contributed by atoms with Crippen molar-refractivity contribution >= 4 is 10.8 Å². The van der Waals surface area contributed by atoms with Crippen LogP contribution in [0.5, 0.6) is 0 Å². The highest BCUT2D eigenvalue weighted by molar-refractivity contribution is 5.99. The highest BCUT2D eigenvalue weighted by Gasteiger charge is 2.49. The van der Waals surface area contributed by atoms with Crippen molar-refractivity contribution in [2.45, 2.75) is 5.41 Å². The van der Waals surface area contributed by atoms with Crippen LogP contribution in [0.25, 0.3) is 89.2 Å². The lowest BCUT2D eigenvalue weighted by atomic mass is 9.66. The lowest BCUT2D eigenvalue weighted by Crippen LogP contribution is -2.29. The van der Waals surface area contributed by atoms with Crippen molar-refractivity contribution < 1.29 is 0 Å². The summed E-state index contributed by atoms with van der Waals surface area (Å²) in [4.78, 5) is 10.6. The van der Waals surface area contributed by atoms with Crippen LogP contribution in [-0.4, -0.2) is 9.97 Å². The standard InChI is InChI=1S/C57H36N2/c1-2-16-39(17-3-1)54-36-55(59-56(58-54)40-31-29-38(30-32-40)43-25-14-18-37-15-4-5-19-42(37)43)41-33-34-53-49(35-41)45-21-7-6-20-44(45)46-22-8-11-26-50(46)57(53)51-27-12-9-23-47(51)48-24-10-13-28-52(48)57/h1-36H. The van der Waals surface area contributed by atoms with Gasteiger partial charge in [-0.25, -0.2) is 9.97 Å². The van der Waals surface area contributed by atoms with Crippen LogP contribution in [-0.2, 0) is 5.41 Å². The third-order valence-electron chi connectivity index (χ3n) is 12.5. The van der Waals surface area contributed by atoms with Crippen molar-refractivity contribution in [3.63, 3.8) is 0 Å². The molecule has 0 N–H and O–H groups in total. The monoisotopic (exact) mass is 748 g/mol. The molecule has 10 aromatic rings. The van der Waals surface area contributed by atoms with E-state index in [-0.39, 0.29) is 0 Å². The summed E-state index contributed by atoms with van der Waals surface area (Å²) in [6.07, 6.45) is 0. The normalized spacial score (nSPS) is 12.9. The van der Waals surface area contributed by atoms with E-state index in [0.717, 1.165) is 28.1 Å². The summed E-state index contributed by atoms with van der Waals surface area (Å²) in [5, 5.41) is 2.48. The van der Waals surface area contributed by atoms with Gasteiger partial charge >= 0.3 is 0 Å². The second-order valence-electron chi connectivity index (χ2n) is 15.6. The molecule has 274 valence electrons. The van der Waals surface area contributed by atoms with Crippen molar-refractivity contribution in [3.8, 4) is 78.4 Å². The zero-order valence-electron chi connectivity index (χ0n) is 32.2. The van der Waals surface area contributed by atoms with Gasteiger partial charge in [0.2, 0.25) is 0 Å². The van der Waals surface area contributed by atoms with E-state index in [1.807, 2.05) is 0 Å². The Balaban J connectivity index is 1.08. The van der Waals surface area contributed by atoms with E-state index in [9.17, 15) is 0 Å². The molecule has 9 aromatic carbocycles. The van der Waals surface area contributed by atoms with Gasteiger partial charge in [0, 0.05) is 16.7 Å². The summed E-state index contributed by atoms with van der Waals surface area (Å²) in [7, 11) is 0. The van der Waals surface area contributed by atoms with Crippen LogP contribution in [0.4, 0.5) is 0 Å². The number of aromatic nitrogens is 2. The number of benzene rings is 9. The van der Waals surface area contributed by atoms with Crippen LogP contribution in [0, 0.1) is 0 Å². The Bertz CT molecular complexity index is 3220. The third-order valence-corrected chi connectivity index (χ3v) is 12.5. The Morgan fingerprint density at radius 3 is 1.41 bits per heavy atom. The Labute approximate surface area is 343 Å².